The predicted molar refractivity (Wildman–Crippen MR) is 99.5 cm³/mol. The van der Waals surface area contributed by atoms with Crippen LogP contribution in [0.15, 0.2) is 48.5 Å². The summed E-state index contributed by atoms with van der Waals surface area (Å²) in [5.74, 6) is -0.372. The van der Waals surface area contributed by atoms with Gasteiger partial charge in [-0.2, -0.15) is 0 Å². The molecule has 26 heavy (non-hydrogen) atoms. The molecular weight excluding hydrogens is 333 g/mol. The van der Waals surface area contributed by atoms with Gasteiger partial charge in [0.25, 0.3) is 0 Å². The van der Waals surface area contributed by atoms with E-state index in [2.05, 4.69) is 10.3 Å². The Bertz CT molecular complexity index is 727. The second-order valence-corrected chi connectivity index (χ2v) is 5.74. The first-order chi connectivity index (χ1) is 12.6. The van der Waals surface area contributed by atoms with E-state index in [-0.39, 0.29) is 38.8 Å². The molecule has 0 radical (unpaired) electrons. The van der Waals surface area contributed by atoms with Crippen molar-refractivity contribution in [3.05, 3.63) is 59.8 Å². The third-order valence-electron chi connectivity index (χ3n) is 3.53. The Labute approximate surface area is 153 Å². The largest absolute Gasteiger partial charge is 0.445 e. The Morgan fingerprint density at radius 2 is 1.92 bits per heavy atom. The lowest BCUT2D eigenvalue weighted by molar-refractivity contribution is -0.122. The van der Waals surface area contributed by atoms with Crippen LogP contribution in [-0.4, -0.2) is 54.5 Å². The molecule has 0 unspecified atom stereocenters. The number of hydrogen-bond acceptors (Lipinski definition) is 5. The van der Waals surface area contributed by atoms with Gasteiger partial charge in [0.2, 0.25) is 5.91 Å². The van der Waals surface area contributed by atoms with Crippen LogP contribution in [0.5, 0.6) is 0 Å². The summed E-state index contributed by atoms with van der Waals surface area (Å²) in [6.07, 6.45) is -0.601. The van der Waals surface area contributed by atoms with Crippen LogP contribution in [-0.2, 0) is 22.7 Å². The molecule has 1 heterocycles. The first-order valence-corrected chi connectivity index (χ1v) is 8.34. The zero-order valence-electron chi connectivity index (χ0n) is 14.7. The molecule has 0 atom stereocenters. The number of nitrogens with one attached hydrogen (secondary N) is 1. The monoisotopic (exact) mass is 355 g/mol. The molecule has 1 aromatic heterocycles. The molecule has 2 rings (SSSR count). The molecule has 1 aromatic carbocycles. The standard InChI is InChI=1S/C18H22BN3O4/c19-16-8-4-7-15(21-16)11-22(12-17(24)20-9-10-23)18(25)26-13-14-5-2-1-3-6-14/h1-8,23H,9-13,19H2,(H,20,24). The van der Waals surface area contributed by atoms with Crippen molar-refractivity contribution in [2.24, 2.45) is 0 Å². The van der Waals surface area contributed by atoms with E-state index >= 15 is 0 Å². The predicted octanol–water partition coefficient (Wildman–Crippen LogP) is -0.413. The Balaban J connectivity index is 2.02. The van der Waals surface area contributed by atoms with Crippen LogP contribution in [0, 0.1) is 0 Å². The number of rotatable bonds is 8. The molecule has 0 aliphatic heterocycles. The van der Waals surface area contributed by atoms with Gasteiger partial charge in [-0.1, -0.05) is 42.5 Å². The van der Waals surface area contributed by atoms with Gasteiger partial charge in [0.05, 0.1) is 18.8 Å². The summed E-state index contributed by atoms with van der Waals surface area (Å²) < 4.78 is 5.33. The molecule has 0 bridgehead atoms. The van der Waals surface area contributed by atoms with Crippen LogP contribution in [0.2, 0.25) is 0 Å². The van der Waals surface area contributed by atoms with Gasteiger partial charge in [-0.25, -0.2) is 4.79 Å². The number of pyridine rings is 1. The molecule has 0 aliphatic carbocycles. The van der Waals surface area contributed by atoms with Crippen molar-refractivity contribution in [2.75, 3.05) is 19.7 Å². The highest BCUT2D eigenvalue weighted by atomic mass is 16.6. The fourth-order valence-electron chi connectivity index (χ4n) is 2.30. The van der Waals surface area contributed by atoms with Gasteiger partial charge in [0.15, 0.2) is 7.85 Å². The number of benzene rings is 1. The van der Waals surface area contributed by atoms with Gasteiger partial charge in [0, 0.05) is 6.54 Å². The van der Waals surface area contributed by atoms with Crippen molar-refractivity contribution in [2.45, 2.75) is 13.2 Å². The maximum atomic E-state index is 12.5. The Morgan fingerprint density at radius 3 is 2.62 bits per heavy atom. The molecule has 0 saturated heterocycles. The number of carbonyl (C=O) groups excluding carboxylic acids is 2. The maximum absolute atomic E-state index is 12.5. The zero-order valence-corrected chi connectivity index (χ0v) is 14.7. The Hall–Kier alpha value is -2.87. The minimum Gasteiger partial charge on any atom is -0.445 e. The van der Waals surface area contributed by atoms with Crippen LogP contribution >= 0.6 is 0 Å². The average molecular weight is 355 g/mol. The summed E-state index contributed by atoms with van der Waals surface area (Å²) in [6.45, 7) is 0.0683. The number of nitrogens with zero attached hydrogens (tertiary/aromatic N) is 2. The van der Waals surface area contributed by atoms with E-state index in [1.807, 2.05) is 50.3 Å². The van der Waals surface area contributed by atoms with Crippen LogP contribution in [0.1, 0.15) is 11.3 Å². The lowest BCUT2D eigenvalue weighted by atomic mass is 10.0. The van der Waals surface area contributed by atoms with Gasteiger partial charge in [0.1, 0.15) is 13.2 Å². The SMILES string of the molecule is Bc1cccc(CN(CC(=O)NCCO)C(=O)OCc2ccccc2)n1. The van der Waals surface area contributed by atoms with E-state index < -0.39 is 6.09 Å². The number of amides is 2. The molecule has 0 aliphatic rings. The average Bonchev–Trinajstić information content (AvgIpc) is 2.65. The van der Waals surface area contributed by atoms with Crippen molar-refractivity contribution in [3.63, 3.8) is 0 Å². The summed E-state index contributed by atoms with van der Waals surface area (Å²) in [5, 5.41) is 11.3. The van der Waals surface area contributed by atoms with E-state index in [1.54, 1.807) is 6.07 Å². The van der Waals surface area contributed by atoms with Crippen molar-refractivity contribution in [1.29, 1.82) is 0 Å². The fraction of sp³-hybridized carbons (Fsp3) is 0.278. The molecule has 2 aromatic rings. The summed E-state index contributed by atoms with van der Waals surface area (Å²) >= 11 is 0. The van der Waals surface area contributed by atoms with Crippen molar-refractivity contribution in [1.82, 2.24) is 15.2 Å². The number of hydrogen-bond donors (Lipinski definition) is 2. The van der Waals surface area contributed by atoms with E-state index in [0.717, 1.165) is 11.2 Å². The molecular formula is C18H22BN3O4. The summed E-state index contributed by atoms with van der Waals surface area (Å²) in [6, 6.07) is 14.8. The molecule has 2 amide bonds. The molecule has 0 fully saturated rings. The summed E-state index contributed by atoms with van der Waals surface area (Å²) in [5.41, 5.74) is 2.35. The van der Waals surface area contributed by atoms with Crippen LogP contribution in [0.25, 0.3) is 0 Å². The first kappa shape index (κ1) is 19.5. The number of carbonyl (C=O) groups is 2. The van der Waals surface area contributed by atoms with Gasteiger partial charge in [-0.05, 0) is 17.2 Å². The van der Waals surface area contributed by atoms with Gasteiger partial charge in [-0.15, -0.1) is 0 Å². The van der Waals surface area contributed by atoms with Crippen LogP contribution in [0.3, 0.4) is 0 Å². The van der Waals surface area contributed by atoms with Crippen molar-refractivity contribution in [3.8, 4) is 0 Å². The quantitative estimate of drug-likeness (QED) is 0.628. The molecule has 2 N–H and O–H groups in total. The third-order valence-corrected chi connectivity index (χ3v) is 3.53. The number of aliphatic hydroxyl groups is 1. The number of aliphatic hydroxyl groups excluding tert-OH is 1. The molecule has 7 nitrogen and oxygen atoms in total. The van der Waals surface area contributed by atoms with E-state index in [0.29, 0.717) is 5.69 Å². The van der Waals surface area contributed by atoms with Crippen molar-refractivity contribution >= 4 is 25.4 Å². The smallest absolute Gasteiger partial charge is 0.410 e. The van der Waals surface area contributed by atoms with E-state index in [4.69, 9.17) is 9.84 Å². The highest BCUT2D eigenvalue weighted by Gasteiger charge is 2.19. The topological polar surface area (TPSA) is 91.8 Å². The van der Waals surface area contributed by atoms with Crippen LogP contribution in [0.4, 0.5) is 4.79 Å². The lowest BCUT2D eigenvalue weighted by Gasteiger charge is -2.21. The Morgan fingerprint density at radius 1 is 1.15 bits per heavy atom. The van der Waals surface area contributed by atoms with E-state index in [9.17, 15) is 9.59 Å². The molecule has 0 spiro atoms. The number of ether oxygens (including phenoxy) is 1. The summed E-state index contributed by atoms with van der Waals surface area (Å²) in [4.78, 5) is 30.1. The molecule has 8 heteroatoms. The Kier molecular flexibility index (Phi) is 7.63. The van der Waals surface area contributed by atoms with Crippen molar-refractivity contribution < 1.29 is 19.4 Å². The first-order valence-electron chi connectivity index (χ1n) is 8.34. The minimum absolute atomic E-state index is 0.121. The summed E-state index contributed by atoms with van der Waals surface area (Å²) in [7, 11) is 1.86. The second-order valence-electron chi connectivity index (χ2n) is 5.74. The maximum Gasteiger partial charge on any atom is 0.410 e. The van der Waals surface area contributed by atoms with Gasteiger partial charge < -0.3 is 15.2 Å². The molecule has 136 valence electrons. The third kappa shape index (κ3) is 6.56. The normalized spacial score (nSPS) is 10.2. The molecule has 0 saturated carbocycles. The van der Waals surface area contributed by atoms with Gasteiger partial charge in [-0.3, -0.25) is 14.7 Å². The highest BCUT2D eigenvalue weighted by Crippen LogP contribution is 2.06. The highest BCUT2D eigenvalue weighted by molar-refractivity contribution is 6.30. The zero-order chi connectivity index (χ0) is 18.8. The minimum atomic E-state index is -0.601. The van der Waals surface area contributed by atoms with Gasteiger partial charge >= 0.3 is 6.09 Å². The van der Waals surface area contributed by atoms with Crippen LogP contribution < -0.4 is 10.9 Å². The number of aromatic nitrogens is 1. The lowest BCUT2D eigenvalue weighted by Crippen LogP contribution is -2.41. The van der Waals surface area contributed by atoms with E-state index in [1.165, 1.54) is 4.90 Å². The second kappa shape index (κ2) is 10.2. The fourth-order valence-corrected chi connectivity index (χ4v) is 2.30.